The molecule has 0 saturated carbocycles. The quantitative estimate of drug-likeness (QED) is 0.725. The van der Waals surface area contributed by atoms with Crippen molar-refractivity contribution in [1.82, 2.24) is 0 Å². The highest BCUT2D eigenvalue weighted by Gasteiger charge is 2.52. The molecule has 12 heavy (non-hydrogen) atoms. The molecule has 1 unspecified atom stereocenters. The largest absolute Gasteiger partial charge is 0.481 e. The molecule has 6 heteroatoms. The SMILES string of the molecule is COC(C)(CC(=O)O)C(F)(F)F. The molecule has 0 saturated heterocycles. The molecule has 0 rings (SSSR count). The number of hydrogen-bond donors (Lipinski definition) is 1. The molecule has 0 fully saturated rings. The third kappa shape index (κ3) is 2.37. The minimum atomic E-state index is -4.67. The number of carboxylic acid groups (broad SMARTS) is 1. The summed E-state index contributed by atoms with van der Waals surface area (Å²) in [6.45, 7) is 0.696. The van der Waals surface area contributed by atoms with Gasteiger partial charge in [-0.3, -0.25) is 4.79 Å². The summed E-state index contributed by atoms with van der Waals surface area (Å²) in [5.74, 6) is -1.54. The maximum atomic E-state index is 12.1. The van der Waals surface area contributed by atoms with Gasteiger partial charge < -0.3 is 9.84 Å². The Balaban J connectivity index is 4.56. The fourth-order valence-electron chi connectivity index (χ4n) is 0.577. The van der Waals surface area contributed by atoms with Crippen LogP contribution < -0.4 is 0 Å². The molecule has 3 nitrogen and oxygen atoms in total. The summed E-state index contributed by atoms with van der Waals surface area (Å²) in [6.07, 6.45) is -5.76. The van der Waals surface area contributed by atoms with E-state index in [-0.39, 0.29) is 0 Å². The van der Waals surface area contributed by atoms with Crippen LogP contribution in [0.1, 0.15) is 13.3 Å². The van der Waals surface area contributed by atoms with Gasteiger partial charge in [0.25, 0.3) is 0 Å². The van der Waals surface area contributed by atoms with Crippen molar-refractivity contribution in [3.8, 4) is 0 Å². The Kier molecular flexibility index (Phi) is 3.09. The van der Waals surface area contributed by atoms with E-state index in [1.54, 1.807) is 0 Å². The number of carbonyl (C=O) groups is 1. The highest BCUT2D eigenvalue weighted by molar-refractivity contribution is 5.68. The van der Waals surface area contributed by atoms with Crippen LogP contribution in [0.3, 0.4) is 0 Å². The second-order valence-electron chi connectivity index (χ2n) is 2.50. The van der Waals surface area contributed by atoms with E-state index < -0.39 is 24.2 Å². The lowest BCUT2D eigenvalue weighted by Crippen LogP contribution is -2.45. The number of aliphatic carboxylic acids is 1. The standard InChI is InChI=1S/C6H9F3O3/c1-5(12-2,3-4(10)11)6(7,8)9/h3H2,1-2H3,(H,10,11). The minimum Gasteiger partial charge on any atom is -0.481 e. The van der Waals surface area contributed by atoms with Gasteiger partial charge in [0.05, 0.1) is 6.42 Å². The zero-order valence-electron chi connectivity index (χ0n) is 6.60. The van der Waals surface area contributed by atoms with Gasteiger partial charge in [0, 0.05) is 7.11 Å². The topological polar surface area (TPSA) is 46.5 Å². The summed E-state index contributed by atoms with van der Waals surface area (Å²) in [6, 6.07) is 0. The number of ether oxygens (including phenoxy) is 1. The molecule has 0 aliphatic rings. The number of methoxy groups -OCH3 is 1. The van der Waals surface area contributed by atoms with Crippen molar-refractivity contribution in [2.45, 2.75) is 25.1 Å². The molecule has 0 aromatic rings. The highest BCUT2D eigenvalue weighted by Crippen LogP contribution is 2.35. The first kappa shape index (κ1) is 11.2. The third-order valence-electron chi connectivity index (χ3n) is 1.54. The van der Waals surface area contributed by atoms with E-state index in [9.17, 15) is 18.0 Å². The van der Waals surface area contributed by atoms with Crippen LogP contribution in [0.2, 0.25) is 0 Å². The number of hydrogen-bond acceptors (Lipinski definition) is 2. The minimum absolute atomic E-state index is 0.696. The smallest absolute Gasteiger partial charge is 0.417 e. The summed E-state index contributed by atoms with van der Waals surface area (Å²) < 4.78 is 40.3. The van der Waals surface area contributed by atoms with Crippen molar-refractivity contribution in [2.24, 2.45) is 0 Å². The number of halogens is 3. The van der Waals surface area contributed by atoms with E-state index in [1.807, 2.05) is 0 Å². The second kappa shape index (κ2) is 3.30. The normalized spacial score (nSPS) is 17.1. The summed E-state index contributed by atoms with van der Waals surface area (Å²) in [4.78, 5) is 10.0. The molecule has 0 aliphatic heterocycles. The van der Waals surface area contributed by atoms with Gasteiger partial charge >= 0.3 is 12.1 Å². The lowest BCUT2D eigenvalue weighted by molar-refractivity contribution is -0.264. The van der Waals surface area contributed by atoms with Crippen LogP contribution in [-0.2, 0) is 9.53 Å². The van der Waals surface area contributed by atoms with Crippen molar-refractivity contribution in [1.29, 1.82) is 0 Å². The van der Waals surface area contributed by atoms with Crippen molar-refractivity contribution in [3.63, 3.8) is 0 Å². The molecule has 0 bridgehead atoms. The Morgan fingerprint density at radius 3 is 2.00 bits per heavy atom. The van der Waals surface area contributed by atoms with Crippen LogP contribution in [0.15, 0.2) is 0 Å². The van der Waals surface area contributed by atoms with Crippen LogP contribution in [-0.4, -0.2) is 30.0 Å². The average Bonchev–Trinajstić information content (AvgIpc) is 1.83. The molecule has 0 amide bonds. The Morgan fingerprint density at radius 2 is 1.92 bits per heavy atom. The van der Waals surface area contributed by atoms with E-state index in [0.717, 1.165) is 7.11 Å². The second-order valence-corrected chi connectivity index (χ2v) is 2.50. The molecule has 0 aliphatic carbocycles. The van der Waals surface area contributed by atoms with Gasteiger partial charge in [-0.15, -0.1) is 0 Å². The lowest BCUT2D eigenvalue weighted by atomic mass is 10.0. The molecule has 0 aromatic carbocycles. The van der Waals surface area contributed by atoms with Gasteiger partial charge in [0.1, 0.15) is 0 Å². The third-order valence-corrected chi connectivity index (χ3v) is 1.54. The summed E-state index contributed by atoms with van der Waals surface area (Å²) in [5.41, 5.74) is -2.60. The van der Waals surface area contributed by atoms with Crippen molar-refractivity contribution >= 4 is 5.97 Å². The number of rotatable bonds is 3. The molecule has 1 atom stereocenters. The van der Waals surface area contributed by atoms with Crippen LogP contribution in [0.25, 0.3) is 0 Å². The maximum absolute atomic E-state index is 12.1. The van der Waals surface area contributed by atoms with Gasteiger partial charge in [-0.25, -0.2) is 0 Å². The van der Waals surface area contributed by atoms with Crippen LogP contribution in [0, 0.1) is 0 Å². The van der Waals surface area contributed by atoms with Gasteiger partial charge in [0.2, 0.25) is 0 Å². The molecular weight excluding hydrogens is 177 g/mol. The summed E-state index contributed by atoms with van der Waals surface area (Å²) >= 11 is 0. The molecule has 0 radical (unpaired) electrons. The maximum Gasteiger partial charge on any atom is 0.417 e. The molecule has 0 aromatic heterocycles. The Morgan fingerprint density at radius 1 is 1.50 bits per heavy atom. The van der Waals surface area contributed by atoms with E-state index in [4.69, 9.17) is 5.11 Å². The summed E-state index contributed by atoms with van der Waals surface area (Å²) in [5, 5.41) is 8.16. The molecule has 72 valence electrons. The van der Waals surface area contributed by atoms with E-state index >= 15 is 0 Å². The molecule has 0 heterocycles. The molecule has 1 N–H and O–H groups in total. The number of alkyl halides is 3. The van der Waals surface area contributed by atoms with E-state index in [2.05, 4.69) is 4.74 Å². The summed E-state index contributed by atoms with van der Waals surface area (Å²) in [7, 11) is 0.830. The Labute approximate surface area is 67.1 Å². The van der Waals surface area contributed by atoms with Gasteiger partial charge in [0.15, 0.2) is 5.60 Å². The number of carboxylic acids is 1. The Hall–Kier alpha value is -0.780. The average molecular weight is 186 g/mol. The zero-order chi connectivity index (χ0) is 9.99. The monoisotopic (exact) mass is 186 g/mol. The lowest BCUT2D eigenvalue weighted by Gasteiger charge is -2.28. The fraction of sp³-hybridized carbons (Fsp3) is 0.833. The predicted molar refractivity (Wildman–Crippen MR) is 33.7 cm³/mol. The Bertz CT molecular complexity index is 177. The molecular formula is C6H9F3O3. The first-order chi connectivity index (χ1) is 5.23. The highest BCUT2D eigenvalue weighted by atomic mass is 19.4. The van der Waals surface area contributed by atoms with Gasteiger partial charge in [-0.1, -0.05) is 0 Å². The van der Waals surface area contributed by atoms with Crippen molar-refractivity contribution in [2.75, 3.05) is 7.11 Å². The first-order valence-electron chi connectivity index (χ1n) is 3.06. The van der Waals surface area contributed by atoms with Gasteiger partial charge in [-0.2, -0.15) is 13.2 Å². The van der Waals surface area contributed by atoms with E-state index in [0.29, 0.717) is 6.92 Å². The van der Waals surface area contributed by atoms with Crippen LogP contribution in [0.5, 0.6) is 0 Å². The van der Waals surface area contributed by atoms with Gasteiger partial charge in [-0.05, 0) is 6.92 Å². The van der Waals surface area contributed by atoms with Crippen molar-refractivity contribution in [3.05, 3.63) is 0 Å². The van der Waals surface area contributed by atoms with Crippen LogP contribution >= 0.6 is 0 Å². The van der Waals surface area contributed by atoms with Crippen LogP contribution in [0.4, 0.5) is 13.2 Å². The predicted octanol–water partition coefficient (Wildman–Crippen LogP) is 1.43. The first-order valence-corrected chi connectivity index (χ1v) is 3.06. The van der Waals surface area contributed by atoms with Crippen molar-refractivity contribution < 1.29 is 27.8 Å². The fourth-order valence-corrected chi connectivity index (χ4v) is 0.577. The molecule has 0 spiro atoms. The zero-order valence-corrected chi connectivity index (χ0v) is 6.60. The van der Waals surface area contributed by atoms with E-state index in [1.165, 1.54) is 0 Å².